The van der Waals surface area contributed by atoms with E-state index in [2.05, 4.69) is 68.7 Å². The normalized spacial score (nSPS) is 14.8. The van der Waals surface area contributed by atoms with E-state index in [0.29, 0.717) is 17.9 Å². The van der Waals surface area contributed by atoms with Crippen molar-refractivity contribution in [2.45, 2.75) is 6.61 Å². The van der Waals surface area contributed by atoms with Gasteiger partial charge in [-0.1, -0.05) is 54.6 Å². The molecule has 0 unspecified atom stereocenters. The number of thiocarbonyl (C=S) groups is 1. The number of nitrogens with zero attached hydrogens (tertiary/aromatic N) is 1. The van der Waals surface area contributed by atoms with E-state index in [0.717, 1.165) is 28.4 Å². The van der Waals surface area contributed by atoms with Gasteiger partial charge >= 0.3 is 0 Å². The molecule has 5 rings (SSSR count). The molecule has 0 aliphatic carbocycles. The summed E-state index contributed by atoms with van der Waals surface area (Å²) in [7, 11) is 0. The van der Waals surface area contributed by atoms with Gasteiger partial charge in [0.25, 0.3) is 11.8 Å². The summed E-state index contributed by atoms with van der Waals surface area (Å²) in [5.41, 5.74) is 1.54. The highest BCUT2D eigenvalue weighted by Gasteiger charge is 2.35. The van der Waals surface area contributed by atoms with Crippen LogP contribution in [0.5, 0.6) is 5.75 Å². The third kappa shape index (κ3) is 5.25. The van der Waals surface area contributed by atoms with Gasteiger partial charge in [-0.25, -0.2) is 9.29 Å². The summed E-state index contributed by atoms with van der Waals surface area (Å²) in [6.07, 6.45) is 1.48. The molecule has 5 nitrogen and oxygen atoms in total. The number of ether oxygens (including phenoxy) is 1. The molecule has 1 fully saturated rings. The minimum Gasteiger partial charge on any atom is -0.487 e. The zero-order valence-electron chi connectivity index (χ0n) is 19.0. The van der Waals surface area contributed by atoms with Gasteiger partial charge in [0.1, 0.15) is 23.7 Å². The summed E-state index contributed by atoms with van der Waals surface area (Å²) in [6.45, 7) is 0.393. The fourth-order valence-electron chi connectivity index (χ4n) is 4.04. The summed E-state index contributed by atoms with van der Waals surface area (Å²) in [4.78, 5) is 26.9. The lowest BCUT2D eigenvalue weighted by Gasteiger charge is -2.29. The van der Waals surface area contributed by atoms with Gasteiger partial charge in [0.15, 0.2) is 5.11 Å². The second-order valence-corrected chi connectivity index (χ2v) is 10.9. The van der Waals surface area contributed by atoms with E-state index >= 15 is 0 Å². The molecule has 1 heterocycles. The first-order chi connectivity index (χ1) is 17.8. The van der Waals surface area contributed by atoms with Gasteiger partial charge in [-0.05, 0) is 110 Å². The Hall–Kier alpha value is -2.90. The van der Waals surface area contributed by atoms with Crippen molar-refractivity contribution in [1.29, 1.82) is 0 Å². The zero-order chi connectivity index (χ0) is 26.1. The average Bonchev–Trinajstić information content (AvgIpc) is 2.87. The van der Waals surface area contributed by atoms with Crippen LogP contribution in [0.4, 0.5) is 10.1 Å². The fraction of sp³-hybridized carbons (Fsp3) is 0.0357. The van der Waals surface area contributed by atoms with Gasteiger partial charge < -0.3 is 4.74 Å². The SMILES string of the molecule is O=C1NC(=S)N(c2ccccc2F)C(=O)/C1=C/c1cc(I)c(OCc2cccc3ccccc23)c(I)c1. The number of hydrogen-bond acceptors (Lipinski definition) is 4. The van der Waals surface area contributed by atoms with Crippen molar-refractivity contribution >= 4 is 96.9 Å². The molecule has 9 heteroatoms. The molecule has 0 bridgehead atoms. The van der Waals surface area contributed by atoms with Crippen LogP contribution in [0, 0.1) is 13.0 Å². The quantitative estimate of drug-likeness (QED) is 0.109. The zero-order valence-corrected chi connectivity index (χ0v) is 24.1. The summed E-state index contributed by atoms with van der Waals surface area (Å²) in [5, 5.41) is 4.60. The Bertz CT molecular complexity index is 1590. The number of benzene rings is 4. The minimum absolute atomic E-state index is 0.0234. The second kappa shape index (κ2) is 10.8. The Morgan fingerprint density at radius 3 is 2.38 bits per heavy atom. The van der Waals surface area contributed by atoms with Crippen LogP contribution in [0.2, 0.25) is 0 Å². The lowest BCUT2D eigenvalue weighted by molar-refractivity contribution is -0.122. The van der Waals surface area contributed by atoms with Crippen LogP contribution in [0.15, 0.2) is 84.4 Å². The molecule has 184 valence electrons. The molecule has 1 saturated heterocycles. The van der Waals surface area contributed by atoms with E-state index in [1.807, 2.05) is 36.4 Å². The number of fused-ring (bicyclic) bond motifs is 1. The number of hydrogen-bond donors (Lipinski definition) is 1. The first kappa shape index (κ1) is 25.7. The first-order valence-electron chi connectivity index (χ1n) is 11.1. The molecular formula is C28H17FI2N2O3S. The van der Waals surface area contributed by atoms with Crippen molar-refractivity contribution in [3.05, 3.63) is 109 Å². The van der Waals surface area contributed by atoms with Crippen molar-refractivity contribution in [1.82, 2.24) is 5.32 Å². The molecule has 4 aromatic carbocycles. The first-order valence-corrected chi connectivity index (χ1v) is 13.6. The van der Waals surface area contributed by atoms with Crippen LogP contribution in [0.1, 0.15) is 11.1 Å². The molecule has 0 saturated carbocycles. The van der Waals surface area contributed by atoms with E-state index in [-0.39, 0.29) is 16.4 Å². The Morgan fingerprint density at radius 2 is 1.62 bits per heavy atom. The molecular weight excluding hydrogens is 717 g/mol. The van der Waals surface area contributed by atoms with Gasteiger partial charge in [0, 0.05) is 0 Å². The van der Waals surface area contributed by atoms with Crippen LogP contribution in [0.25, 0.3) is 16.8 Å². The predicted octanol–water partition coefficient (Wildman–Crippen LogP) is 6.60. The Morgan fingerprint density at radius 1 is 0.946 bits per heavy atom. The smallest absolute Gasteiger partial charge is 0.270 e. The third-order valence-electron chi connectivity index (χ3n) is 5.78. The maximum atomic E-state index is 14.4. The molecule has 0 atom stereocenters. The van der Waals surface area contributed by atoms with E-state index < -0.39 is 17.6 Å². The predicted molar refractivity (Wildman–Crippen MR) is 163 cm³/mol. The lowest BCUT2D eigenvalue weighted by atomic mass is 10.1. The van der Waals surface area contributed by atoms with Crippen LogP contribution in [0.3, 0.4) is 0 Å². The number of carbonyl (C=O) groups is 2. The van der Waals surface area contributed by atoms with Crippen molar-refractivity contribution in [3.63, 3.8) is 0 Å². The lowest BCUT2D eigenvalue weighted by Crippen LogP contribution is -2.54. The molecule has 0 aromatic heterocycles. The Kier molecular flexibility index (Phi) is 7.54. The monoisotopic (exact) mass is 734 g/mol. The van der Waals surface area contributed by atoms with E-state index in [9.17, 15) is 14.0 Å². The molecule has 1 aliphatic heterocycles. The number of halogens is 3. The molecule has 4 aromatic rings. The van der Waals surface area contributed by atoms with Crippen molar-refractivity contribution in [3.8, 4) is 5.75 Å². The number of para-hydroxylation sites is 1. The topological polar surface area (TPSA) is 58.6 Å². The van der Waals surface area contributed by atoms with Gasteiger partial charge in [-0.2, -0.15) is 0 Å². The number of amides is 2. The molecule has 37 heavy (non-hydrogen) atoms. The average molecular weight is 734 g/mol. The van der Waals surface area contributed by atoms with Gasteiger partial charge in [-0.3, -0.25) is 14.9 Å². The summed E-state index contributed by atoms with van der Waals surface area (Å²) >= 11 is 9.50. The standard InChI is InChI=1S/C28H17FI2N2O3S/c29-21-10-3-4-11-24(21)33-27(35)20(26(34)32-28(33)37)12-16-13-22(30)25(23(31)14-16)36-15-18-8-5-7-17-6-1-2-9-19(17)18/h1-14H,15H2,(H,32,34,37)/b20-12+. The summed E-state index contributed by atoms with van der Waals surface area (Å²) < 4.78 is 22.2. The molecule has 2 amide bonds. The van der Waals surface area contributed by atoms with E-state index in [1.54, 1.807) is 6.07 Å². The molecule has 1 aliphatic rings. The highest BCUT2D eigenvalue weighted by atomic mass is 127. The number of rotatable bonds is 5. The van der Waals surface area contributed by atoms with Crippen LogP contribution >= 0.6 is 57.4 Å². The van der Waals surface area contributed by atoms with Crippen LogP contribution in [-0.2, 0) is 16.2 Å². The third-order valence-corrected chi connectivity index (χ3v) is 7.67. The van der Waals surface area contributed by atoms with Crippen LogP contribution < -0.4 is 15.0 Å². The second-order valence-electron chi connectivity index (χ2n) is 8.15. The molecule has 0 spiro atoms. The minimum atomic E-state index is -0.694. The highest BCUT2D eigenvalue weighted by molar-refractivity contribution is 14.1. The summed E-state index contributed by atoms with van der Waals surface area (Å²) in [5.74, 6) is -1.24. The van der Waals surface area contributed by atoms with Crippen molar-refractivity contribution in [2.75, 3.05) is 4.90 Å². The van der Waals surface area contributed by atoms with Gasteiger partial charge in [0.2, 0.25) is 0 Å². The summed E-state index contributed by atoms with van der Waals surface area (Å²) in [6, 6.07) is 23.7. The van der Waals surface area contributed by atoms with Crippen LogP contribution in [-0.4, -0.2) is 16.9 Å². The van der Waals surface area contributed by atoms with Crippen molar-refractivity contribution < 1.29 is 18.7 Å². The number of anilines is 1. The largest absolute Gasteiger partial charge is 0.487 e. The van der Waals surface area contributed by atoms with E-state index in [4.69, 9.17) is 17.0 Å². The van der Waals surface area contributed by atoms with Crippen molar-refractivity contribution in [2.24, 2.45) is 0 Å². The van der Waals surface area contributed by atoms with E-state index in [1.165, 1.54) is 24.3 Å². The Labute approximate surface area is 245 Å². The number of nitrogens with one attached hydrogen (secondary N) is 1. The molecule has 0 radical (unpaired) electrons. The maximum absolute atomic E-state index is 14.4. The fourth-order valence-corrected chi connectivity index (χ4v) is 6.45. The highest BCUT2D eigenvalue weighted by Crippen LogP contribution is 2.32. The Balaban J connectivity index is 1.43. The molecule has 1 N–H and O–H groups in total. The van der Waals surface area contributed by atoms with Gasteiger partial charge in [-0.15, -0.1) is 0 Å². The number of carbonyl (C=O) groups excluding carboxylic acids is 2. The maximum Gasteiger partial charge on any atom is 0.270 e. The van der Waals surface area contributed by atoms with Gasteiger partial charge in [0.05, 0.1) is 12.8 Å².